The molecule has 1 heterocycles. The monoisotopic (exact) mass is 510 g/mol. The molecule has 2 aromatic carbocycles. The summed E-state index contributed by atoms with van der Waals surface area (Å²) in [5, 5.41) is 22.8. The number of carbonyl (C=O) groups excluding carboxylic acids is 2. The first kappa shape index (κ1) is 26.4. The third-order valence-electron chi connectivity index (χ3n) is 5.18. The van der Waals surface area contributed by atoms with Gasteiger partial charge >= 0.3 is 0 Å². The molecule has 3 rings (SSSR count). The van der Waals surface area contributed by atoms with Crippen molar-refractivity contribution in [3.8, 4) is 23.3 Å². The maximum absolute atomic E-state index is 12.7. The largest absolute Gasteiger partial charge is 0.493 e. The van der Waals surface area contributed by atoms with Gasteiger partial charge in [0.25, 0.3) is 11.8 Å². The fourth-order valence-corrected chi connectivity index (χ4v) is 3.86. The molecule has 11 nitrogen and oxygen atoms in total. The van der Waals surface area contributed by atoms with Crippen LogP contribution in [0.4, 0.5) is 0 Å². The highest BCUT2D eigenvalue weighted by atomic mass is 32.2. The summed E-state index contributed by atoms with van der Waals surface area (Å²) in [5.41, 5.74) is 1.02. The molecular formula is C24H26N6O5S. The SMILES string of the molecule is COc1ccc(C(=O)NCCn2cc(C(=O)NC(C#N)c3cccc(SC)c3)nn2)c(OC)c1OC. The second-order valence-corrected chi connectivity index (χ2v) is 8.20. The summed E-state index contributed by atoms with van der Waals surface area (Å²) in [6, 6.07) is 11.8. The highest BCUT2D eigenvalue weighted by molar-refractivity contribution is 7.98. The van der Waals surface area contributed by atoms with E-state index in [-0.39, 0.29) is 36.0 Å². The molecule has 12 heteroatoms. The van der Waals surface area contributed by atoms with E-state index in [1.807, 2.05) is 24.5 Å². The summed E-state index contributed by atoms with van der Waals surface area (Å²) >= 11 is 1.55. The Bertz CT molecular complexity index is 1270. The summed E-state index contributed by atoms with van der Waals surface area (Å²) in [4.78, 5) is 26.3. The number of amides is 2. The third kappa shape index (κ3) is 6.05. The Labute approximate surface area is 212 Å². The topological polar surface area (TPSA) is 140 Å². The van der Waals surface area contributed by atoms with Crippen molar-refractivity contribution in [3.05, 3.63) is 59.4 Å². The van der Waals surface area contributed by atoms with Crippen LogP contribution in [0, 0.1) is 11.3 Å². The first-order chi connectivity index (χ1) is 17.4. The van der Waals surface area contributed by atoms with Gasteiger partial charge in [-0.3, -0.25) is 9.59 Å². The fraction of sp³-hybridized carbons (Fsp3) is 0.292. The standard InChI is InChI=1S/C24H26N6O5S/c1-33-20-9-8-17(21(34-2)22(20)35-3)23(31)26-10-11-30-14-19(28-29-30)24(32)27-18(13-25)15-6-5-7-16(12-15)36-4/h5-9,12,14,18H,10-11H2,1-4H3,(H,26,31)(H,27,32). The zero-order valence-corrected chi connectivity index (χ0v) is 21.1. The van der Waals surface area contributed by atoms with Crippen LogP contribution in [0.2, 0.25) is 0 Å². The quantitative estimate of drug-likeness (QED) is 0.372. The van der Waals surface area contributed by atoms with E-state index < -0.39 is 11.9 Å². The van der Waals surface area contributed by atoms with Crippen molar-refractivity contribution >= 4 is 23.6 Å². The zero-order valence-electron chi connectivity index (χ0n) is 20.3. The van der Waals surface area contributed by atoms with Gasteiger partial charge in [0.05, 0.1) is 45.7 Å². The Balaban J connectivity index is 1.60. The Hall–Kier alpha value is -4.24. The number of rotatable bonds is 11. The van der Waals surface area contributed by atoms with Crippen molar-refractivity contribution in [3.63, 3.8) is 0 Å². The Morgan fingerprint density at radius 3 is 2.56 bits per heavy atom. The molecule has 1 unspecified atom stereocenters. The summed E-state index contributed by atoms with van der Waals surface area (Å²) in [5.74, 6) is 0.103. The average Bonchev–Trinajstić information content (AvgIpc) is 3.39. The van der Waals surface area contributed by atoms with Crippen LogP contribution in [0.15, 0.2) is 47.5 Å². The molecule has 0 aliphatic heterocycles. The molecule has 0 bridgehead atoms. The number of hydrogen-bond donors (Lipinski definition) is 2. The van der Waals surface area contributed by atoms with Gasteiger partial charge in [0.15, 0.2) is 17.2 Å². The van der Waals surface area contributed by atoms with Crippen LogP contribution < -0.4 is 24.8 Å². The number of nitrogens with zero attached hydrogens (tertiary/aromatic N) is 4. The maximum Gasteiger partial charge on any atom is 0.274 e. The minimum atomic E-state index is -0.828. The number of ether oxygens (including phenoxy) is 3. The van der Waals surface area contributed by atoms with Crippen molar-refractivity contribution in [1.82, 2.24) is 25.6 Å². The van der Waals surface area contributed by atoms with Crippen molar-refractivity contribution in [2.75, 3.05) is 34.1 Å². The number of thioether (sulfide) groups is 1. The van der Waals surface area contributed by atoms with Gasteiger partial charge < -0.3 is 24.8 Å². The molecular weight excluding hydrogens is 484 g/mol. The molecule has 0 fully saturated rings. The second-order valence-electron chi connectivity index (χ2n) is 7.32. The van der Waals surface area contributed by atoms with Crippen LogP contribution in [-0.4, -0.2) is 60.9 Å². The number of nitriles is 1. The van der Waals surface area contributed by atoms with Gasteiger partial charge in [-0.2, -0.15) is 5.26 Å². The Kier molecular flexibility index (Phi) is 9.13. The lowest BCUT2D eigenvalue weighted by Crippen LogP contribution is -2.28. The highest BCUT2D eigenvalue weighted by Crippen LogP contribution is 2.39. The van der Waals surface area contributed by atoms with Gasteiger partial charge in [0.1, 0.15) is 6.04 Å². The lowest BCUT2D eigenvalue weighted by Gasteiger charge is -2.15. The Morgan fingerprint density at radius 1 is 1.11 bits per heavy atom. The van der Waals surface area contributed by atoms with Crippen molar-refractivity contribution < 1.29 is 23.8 Å². The van der Waals surface area contributed by atoms with E-state index >= 15 is 0 Å². The summed E-state index contributed by atoms with van der Waals surface area (Å²) in [6.45, 7) is 0.474. The van der Waals surface area contributed by atoms with E-state index in [1.165, 1.54) is 32.2 Å². The molecule has 3 aromatic rings. The second kappa shape index (κ2) is 12.5. The fourth-order valence-electron chi connectivity index (χ4n) is 3.39. The van der Waals surface area contributed by atoms with Crippen LogP contribution in [0.3, 0.4) is 0 Å². The summed E-state index contributed by atoms with van der Waals surface area (Å²) < 4.78 is 17.3. The first-order valence-electron chi connectivity index (χ1n) is 10.8. The molecule has 0 radical (unpaired) electrons. The molecule has 36 heavy (non-hydrogen) atoms. The molecule has 0 spiro atoms. The minimum absolute atomic E-state index is 0.0594. The molecule has 2 N–H and O–H groups in total. The van der Waals surface area contributed by atoms with Gasteiger partial charge in [-0.25, -0.2) is 4.68 Å². The Morgan fingerprint density at radius 2 is 1.89 bits per heavy atom. The van der Waals surface area contributed by atoms with E-state index in [2.05, 4.69) is 27.0 Å². The first-order valence-corrected chi connectivity index (χ1v) is 12.0. The number of methoxy groups -OCH3 is 3. The van der Waals surface area contributed by atoms with Gasteiger partial charge in [-0.05, 0) is 36.1 Å². The maximum atomic E-state index is 12.7. The number of benzene rings is 2. The van der Waals surface area contributed by atoms with Crippen LogP contribution in [0.25, 0.3) is 0 Å². The molecule has 188 valence electrons. The molecule has 0 saturated carbocycles. The normalized spacial score (nSPS) is 11.2. The molecule has 0 aliphatic rings. The van der Waals surface area contributed by atoms with Gasteiger partial charge in [0.2, 0.25) is 5.75 Å². The van der Waals surface area contributed by atoms with Crippen molar-refractivity contribution in [2.45, 2.75) is 17.5 Å². The summed E-state index contributed by atoms with van der Waals surface area (Å²) in [6.07, 6.45) is 3.38. The van der Waals surface area contributed by atoms with Crippen LogP contribution >= 0.6 is 11.8 Å². The predicted molar refractivity (Wildman–Crippen MR) is 132 cm³/mol. The molecule has 2 amide bonds. The number of carbonyl (C=O) groups is 2. The number of aromatic nitrogens is 3. The smallest absolute Gasteiger partial charge is 0.274 e. The lowest BCUT2D eigenvalue weighted by atomic mass is 10.1. The highest BCUT2D eigenvalue weighted by Gasteiger charge is 2.21. The molecule has 1 aromatic heterocycles. The van der Waals surface area contributed by atoms with Gasteiger partial charge in [0, 0.05) is 11.4 Å². The minimum Gasteiger partial charge on any atom is -0.493 e. The van der Waals surface area contributed by atoms with Crippen LogP contribution in [-0.2, 0) is 6.54 Å². The number of nitrogens with one attached hydrogen (secondary N) is 2. The molecule has 0 aliphatic carbocycles. The predicted octanol–water partition coefficient (Wildman–Crippen LogP) is 2.45. The van der Waals surface area contributed by atoms with E-state index in [1.54, 1.807) is 30.0 Å². The molecule has 1 atom stereocenters. The van der Waals surface area contributed by atoms with Gasteiger partial charge in [-0.15, -0.1) is 16.9 Å². The number of hydrogen-bond acceptors (Lipinski definition) is 9. The van der Waals surface area contributed by atoms with Crippen LogP contribution in [0.5, 0.6) is 17.2 Å². The van der Waals surface area contributed by atoms with Crippen molar-refractivity contribution in [2.24, 2.45) is 0 Å². The summed E-state index contributed by atoms with van der Waals surface area (Å²) in [7, 11) is 4.39. The lowest BCUT2D eigenvalue weighted by molar-refractivity contribution is 0.0934. The third-order valence-corrected chi connectivity index (χ3v) is 5.90. The van der Waals surface area contributed by atoms with E-state index in [4.69, 9.17) is 14.2 Å². The van der Waals surface area contributed by atoms with E-state index in [0.29, 0.717) is 17.1 Å². The van der Waals surface area contributed by atoms with Gasteiger partial charge in [-0.1, -0.05) is 17.3 Å². The zero-order chi connectivity index (χ0) is 26.1. The van der Waals surface area contributed by atoms with Crippen molar-refractivity contribution in [1.29, 1.82) is 5.26 Å². The molecule has 0 saturated heterocycles. The van der Waals surface area contributed by atoms with E-state index in [9.17, 15) is 14.9 Å². The average molecular weight is 511 g/mol. The van der Waals surface area contributed by atoms with Crippen LogP contribution in [0.1, 0.15) is 32.5 Å². The van der Waals surface area contributed by atoms with E-state index in [0.717, 1.165) is 4.90 Å².